The number of phenolic OH excluding ortho intramolecular Hbond substituents is 1. The first kappa shape index (κ1) is 15.0. The molecule has 5 heteroatoms. The maximum atomic E-state index is 12.3. The summed E-state index contributed by atoms with van der Waals surface area (Å²) in [6.45, 7) is 3.73. The number of carbonyl (C=O) groups is 1. The molecular weight excluding hydrogens is 284 g/mol. The van der Waals surface area contributed by atoms with Gasteiger partial charge in [0, 0.05) is 11.3 Å². The van der Waals surface area contributed by atoms with Crippen LogP contribution in [0.5, 0.6) is 5.75 Å². The van der Waals surface area contributed by atoms with Gasteiger partial charge in [-0.15, -0.1) is 0 Å². The van der Waals surface area contributed by atoms with Gasteiger partial charge in [0.05, 0.1) is 5.56 Å². The van der Waals surface area contributed by atoms with E-state index < -0.39 is 0 Å². The number of nitrogens with one attached hydrogen (secondary N) is 1. The zero-order chi connectivity index (χ0) is 15.6. The molecule has 4 N–H and O–H groups in total. The van der Waals surface area contributed by atoms with Crippen molar-refractivity contribution in [2.75, 3.05) is 5.32 Å². The highest BCUT2D eigenvalue weighted by molar-refractivity contribution is 7.80. The van der Waals surface area contributed by atoms with E-state index in [1.165, 1.54) is 6.07 Å². The first-order valence-electron chi connectivity index (χ1n) is 6.40. The molecule has 108 valence electrons. The lowest BCUT2D eigenvalue weighted by atomic mass is 10.1. The number of rotatable bonds is 3. The van der Waals surface area contributed by atoms with E-state index in [2.05, 4.69) is 5.32 Å². The van der Waals surface area contributed by atoms with E-state index in [0.29, 0.717) is 11.3 Å². The number of hydrogen-bond donors (Lipinski definition) is 3. The third-order valence-electron chi connectivity index (χ3n) is 3.17. The Balaban J connectivity index is 2.33. The van der Waals surface area contributed by atoms with Crippen molar-refractivity contribution in [1.82, 2.24) is 0 Å². The second kappa shape index (κ2) is 5.93. The normalized spacial score (nSPS) is 10.2. The standard InChI is InChI=1S/C16H16N2O2S/c1-9-3-6-14(19)12(7-9)16(20)18-13-8-11(15(17)21)5-4-10(13)2/h3-8,19H,1-2H3,(H2,17,21)(H,18,20). The summed E-state index contributed by atoms with van der Waals surface area (Å²) in [6.07, 6.45) is 0. The van der Waals surface area contributed by atoms with E-state index in [9.17, 15) is 9.90 Å². The molecular formula is C16H16N2O2S. The molecule has 21 heavy (non-hydrogen) atoms. The van der Waals surface area contributed by atoms with E-state index in [1.54, 1.807) is 24.3 Å². The summed E-state index contributed by atoms with van der Waals surface area (Å²) in [6, 6.07) is 10.2. The summed E-state index contributed by atoms with van der Waals surface area (Å²) in [5.74, 6) is -0.430. The molecule has 0 spiro atoms. The SMILES string of the molecule is Cc1ccc(O)c(C(=O)Nc2cc(C(N)=S)ccc2C)c1. The highest BCUT2D eigenvalue weighted by Gasteiger charge is 2.13. The van der Waals surface area contributed by atoms with Gasteiger partial charge < -0.3 is 16.2 Å². The summed E-state index contributed by atoms with van der Waals surface area (Å²) in [7, 11) is 0. The van der Waals surface area contributed by atoms with Crippen molar-refractivity contribution < 1.29 is 9.90 Å². The molecule has 2 aromatic rings. The first-order chi connectivity index (χ1) is 9.88. The second-order valence-electron chi connectivity index (χ2n) is 4.87. The third-order valence-corrected chi connectivity index (χ3v) is 3.40. The van der Waals surface area contributed by atoms with Gasteiger partial charge in [-0.1, -0.05) is 36.0 Å². The Hall–Kier alpha value is -2.40. The van der Waals surface area contributed by atoms with Crippen LogP contribution in [-0.4, -0.2) is 16.0 Å². The first-order valence-corrected chi connectivity index (χ1v) is 6.80. The van der Waals surface area contributed by atoms with Gasteiger partial charge in [0.15, 0.2) is 0 Å². The largest absolute Gasteiger partial charge is 0.507 e. The predicted octanol–water partition coefficient (Wildman–Crippen LogP) is 2.90. The summed E-state index contributed by atoms with van der Waals surface area (Å²) < 4.78 is 0. The smallest absolute Gasteiger partial charge is 0.259 e. The zero-order valence-electron chi connectivity index (χ0n) is 11.8. The number of thiocarbonyl (C=S) groups is 1. The summed E-state index contributed by atoms with van der Waals surface area (Å²) in [5, 5.41) is 12.6. The van der Waals surface area contributed by atoms with Crippen LogP contribution < -0.4 is 11.1 Å². The molecule has 0 radical (unpaired) electrons. The summed E-state index contributed by atoms with van der Waals surface area (Å²) in [5.41, 5.74) is 8.91. The lowest BCUT2D eigenvalue weighted by Crippen LogP contribution is -2.15. The molecule has 0 saturated heterocycles. The van der Waals surface area contributed by atoms with Crippen LogP contribution in [0.25, 0.3) is 0 Å². The van der Waals surface area contributed by atoms with E-state index >= 15 is 0 Å². The number of hydrogen-bond acceptors (Lipinski definition) is 3. The highest BCUT2D eigenvalue weighted by Crippen LogP contribution is 2.22. The molecule has 0 bridgehead atoms. The number of anilines is 1. The van der Waals surface area contributed by atoms with Gasteiger partial charge in [-0.25, -0.2) is 0 Å². The summed E-state index contributed by atoms with van der Waals surface area (Å²) >= 11 is 4.93. The Morgan fingerprint density at radius 3 is 2.57 bits per heavy atom. The maximum Gasteiger partial charge on any atom is 0.259 e. The Morgan fingerprint density at radius 1 is 1.19 bits per heavy atom. The minimum Gasteiger partial charge on any atom is -0.507 e. The minimum absolute atomic E-state index is 0.0544. The lowest BCUT2D eigenvalue weighted by Gasteiger charge is -2.11. The molecule has 0 aliphatic rings. The number of aromatic hydroxyl groups is 1. The van der Waals surface area contributed by atoms with E-state index in [4.69, 9.17) is 18.0 Å². The molecule has 1 amide bonds. The minimum atomic E-state index is -0.376. The fraction of sp³-hybridized carbons (Fsp3) is 0.125. The molecule has 0 heterocycles. The van der Waals surface area contributed by atoms with Gasteiger partial charge in [-0.05, 0) is 37.6 Å². The van der Waals surface area contributed by atoms with E-state index in [1.807, 2.05) is 19.9 Å². The van der Waals surface area contributed by atoms with E-state index in [-0.39, 0.29) is 22.2 Å². The van der Waals surface area contributed by atoms with Gasteiger partial charge >= 0.3 is 0 Å². The molecule has 0 aliphatic heterocycles. The fourth-order valence-electron chi connectivity index (χ4n) is 1.93. The number of carbonyl (C=O) groups excluding carboxylic acids is 1. The van der Waals surface area contributed by atoms with Crippen molar-refractivity contribution >= 4 is 28.8 Å². The molecule has 0 saturated carbocycles. The number of benzene rings is 2. The van der Waals surface area contributed by atoms with Crippen LogP contribution in [0.4, 0.5) is 5.69 Å². The average molecular weight is 300 g/mol. The fourth-order valence-corrected chi connectivity index (χ4v) is 2.06. The van der Waals surface area contributed by atoms with Crippen molar-refractivity contribution in [1.29, 1.82) is 0 Å². The number of amides is 1. The highest BCUT2D eigenvalue weighted by atomic mass is 32.1. The van der Waals surface area contributed by atoms with Crippen molar-refractivity contribution in [3.8, 4) is 5.75 Å². The van der Waals surface area contributed by atoms with Crippen LogP contribution >= 0.6 is 12.2 Å². The Bertz CT molecular complexity index is 726. The third kappa shape index (κ3) is 3.38. The van der Waals surface area contributed by atoms with Gasteiger partial charge in [0.2, 0.25) is 0 Å². The molecule has 0 unspecified atom stereocenters. The van der Waals surface area contributed by atoms with Gasteiger partial charge in [0.25, 0.3) is 5.91 Å². The van der Waals surface area contributed by atoms with Crippen LogP contribution in [0.15, 0.2) is 36.4 Å². The van der Waals surface area contributed by atoms with Crippen LogP contribution in [0.1, 0.15) is 27.0 Å². The van der Waals surface area contributed by atoms with Crippen molar-refractivity contribution in [3.63, 3.8) is 0 Å². The molecule has 0 fully saturated rings. The molecule has 2 rings (SSSR count). The van der Waals surface area contributed by atoms with Crippen LogP contribution in [0, 0.1) is 13.8 Å². The lowest BCUT2D eigenvalue weighted by molar-refractivity contribution is 0.102. The molecule has 0 atom stereocenters. The summed E-state index contributed by atoms with van der Waals surface area (Å²) in [4.78, 5) is 12.6. The van der Waals surface area contributed by atoms with Crippen LogP contribution in [0.2, 0.25) is 0 Å². The maximum absolute atomic E-state index is 12.3. The predicted molar refractivity (Wildman–Crippen MR) is 87.9 cm³/mol. The van der Waals surface area contributed by atoms with Gasteiger partial charge in [-0.3, -0.25) is 4.79 Å². The molecule has 0 aliphatic carbocycles. The van der Waals surface area contributed by atoms with E-state index in [0.717, 1.165) is 11.1 Å². The van der Waals surface area contributed by atoms with Gasteiger partial charge in [0.1, 0.15) is 10.7 Å². The molecule has 4 nitrogen and oxygen atoms in total. The molecule has 0 aromatic heterocycles. The second-order valence-corrected chi connectivity index (χ2v) is 5.31. The topological polar surface area (TPSA) is 75.3 Å². The Morgan fingerprint density at radius 2 is 1.90 bits per heavy atom. The number of nitrogens with two attached hydrogens (primary N) is 1. The van der Waals surface area contributed by atoms with Crippen molar-refractivity contribution in [2.24, 2.45) is 5.73 Å². The Labute approximate surface area is 128 Å². The number of aryl methyl sites for hydroxylation is 2. The Kier molecular flexibility index (Phi) is 4.23. The van der Waals surface area contributed by atoms with Gasteiger partial charge in [-0.2, -0.15) is 0 Å². The quantitative estimate of drug-likeness (QED) is 0.762. The molecule has 2 aromatic carbocycles. The van der Waals surface area contributed by atoms with Crippen molar-refractivity contribution in [3.05, 3.63) is 58.7 Å². The number of phenols is 1. The average Bonchev–Trinajstić information content (AvgIpc) is 2.43. The van der Waals surface area contributed by atoms with Crippen LogP contribution in [-0.2, 0) is 0 Å². The zero-order valence-corrected chi connectivity index (χ0v) is 12.6. The van der Waals surface area contributed by atoms with Crippen molar-refractivity contribution in [2.45, 2.75) is 13.8 Å². The monoisotopic (exact) mass is 300 g/mol. The van der Waals surface area contributed by atoms with Crippen LogP contribution in [0.3, 0.4) is 0 Å².